The van der Waals surface area contributed by atoms with Crippen LogP contribution in [0.25, 0.3) is 61.1 Å². The molecule has 9 aromatic rings. The van der Waals surface area contributed by atoms with Crippen molar-refractivity contribution in [3.63, 3.8) is 0 Å². The summed E-state index contributed by atoms with van der Waals surface area (Å²) in [6.07, 6.45) is 0. The van der Waals surface area contributed by atoms with Crippen LogP contribution in [0.15, 0.2) is 186 Å². The van der Waals surface area contributed by atoms with Gasteiger partial charge in [0, 0.05) is 22.3 Å². The van der Waals surface area contributed by atoms with Crippen LogP contribution >= 0.6 is 0 Å². The van der Waals surface area contributed by atoms with Crippen LogP contribution in [-0.2, 0) is 0 Å². The molecule has 0 spiro atoms. The third-order valence-electron chi connectivity index (χ3n) is 9.01. The van der Waals surface area contributed by atoms with E-state index in [0.29, 0.717) is 0 Å². The van der Waals surface area contributed by atoms with Gasteiger partial charge in [-0.3, -0.25) is 4.40 Å². The fraction of sp³-hybridized carbons (Fsp3) is 0. The summed E-state index contributed by atoms with van der Waals surface area (Å²) in [4.78, 5) is 2.34. The van der Waals surface area contributed by atoms with Crippen molar-refractivity contribution in [1.82, 2.24) is 4.40 Å². The van der Waals surface area contributed by atoms with E-state index >= 15 is 0 Å². The smallest absolute Gasteiger partial charge is 0.230 e. The van der Waals surface area contributed by atoms with Crippen molar-refractivity contribution in [2.45, 2.75) is 0 Å². The van der Waals surface area contributed by atoms with Gasteiger partial charge in [0.1, 0.15) is 5.69 Å². The van der Waals surface area contributed by atoms with Crippen LogP contribution in [0.1, 0.15) is 0 Å². The number of fused-ring (bicyclic) bond motifs is 5. The molecular weight excluding hydrogens is 572 g/mol. The van der Waals surface area contributed by atoms with Gasteiger partial charge in [-0.05, 0) is 64.2 Å². The maximum Gasteiger partial charge on any atom is 0.230 e. The molecule has 0 bridgehead atoms. The predicted molar refractivity (Wildman–Crippen MR) is 196 cm³/mol. The quantitative estimate of drug-likeness (QED) is 0.189. The highest BCUT2D eigenvalue weighted by Crippen LogP contribution is 2.47. The number of para-hydroxylation sites is 2. The molecule has 3 nitrogen and oxygen atoms in total. The highest BCUT2D eigenvalue weighted by molar-refractivity contribution is 6.10. The van der Waals surface area contributed by atoms with Crippen molar-refractivity contribution in [3.8, 4) is 33.4 Å². The second kappa shape index (κ2) is 11.2. The van der Waals surface area contributed by atoms with Crippen LogP contribution in [0.5, 0.6) is 0 Å². The molecule has 0 amide bonds. The van der Waals surface area contributed by atoms with Crippen molar-refractivity contribution in [2.24, 2.45) is 0 Å². The van der Waals surface area contributed by atoms with Crippen LogP contribution in [0.4, 0.5) is 17.1 Å². The Balaban J connectivity index is 1.29. The fourth-order valence-corrected chi connectivity index (χ4v) is 6.77. The average molecular weight is 603 g/mol. The van der Waals surface area contributed by atoms with E-state index in [-0.39, 0.29) is 0 Å². The van der Waals surface area contributed by atoms with Crippen molar-refractivity contribution in [3.05, 3.63) is 182 Å². The molecule has 9 rings (SSSR count). The lowest BCUT2D eigenvalue weighted by molar-refractivity contribution is 0.658. The summed E-state index contributed by atoms with van der Waals surface area (Å²) in [5.74, 6) is 0. The van der Waals surface area contributed by atoms with Crippen LogP contribution in [0, 0.1) is 0 Å². The molecule has 0 fully saturated rings. The molecule has 222 valence electrons. The molecule has 2 aromatic heterocycles. The van der Waals surface area contributed by atoms with Crippen LogP contribution in [-0.4, -0.2) is 4.40 Å². The van der Waals surface area contributed by atoms with E-state index in [0.717, 1.165) is 55.9 Å². The van der Waals surface area contributed by atoms with Crippen LogP contribution in [0.2, 0.25) is 0 Å². The van der Waals surface area contributed by atoms with E-state index in [1.54, 1.807) is 0 Å². The van der Waals surface area contributed by atoms with Gasteiger partial charge in [-0.2, -0.15) is 0 Å². The lowest BCUT2D eigenvalue weighted by Crippen LogP contribution is -2.10. The Labute approximate surface area is 273 Å². The Bertz CT molecular complexity index is 2390. The maximum absolute atomic E-state index is 6.99. The van der Waals surface area contributed by atoms with E-state index in [9.17, 15) is 0 Å². The molecule has 0 aliphatic rings. The Morgan fingerprint density at radius 1 is 0.383 bits per heavy atom. The zero-order chi connectivity index (χ0) is 31.2. The second-order valence-electron chi connectivity index (χ2n) is 11.8. The molecule has 3 heteroatoms. The molecule has 7 aromatic carbocycles. The predicted octanol–water partition coefficient (Wildman–Crippen LogP) is 12.3. The minimum atomic E-state index is 0.809. The number of rotatable bonds is 6. The largest absolute Gasteiger partial charge is 0.435 e. The lowest BCUT2D eigenvalue weighted by Gasteiger charge is -2.25. The van der Waals surface area contributed by atoms with E-state index in [1.807, 2.05) is 6.07 Å². The van der Waals surface area contributed by atoms with Crippen molar-refractivity contribution < 1.29 is 4.42 Å². The molecule has 0 N–H and O–H groups in total. The first-order chi connectivity index (χ1) is 23.3. The van der Waals surface area contributed by atoms with Gasteiger partial charge >= 0.3 is 0 Å². The van der Waals surface area contributed by atoms with Gasteiger partial charge < -0.3 is 9.32 Å². The number of hydrogen-bond donors (Lipinski definition) is 0. The Morgan fingerprint density at radius 3 is 1.43 bits per heavy atom. The summed E-state index contributed by atoms with van der Waals surface area (Å²) in [7, 11) is 0. The molecule has 0 atom stereocenters. The molecule has 0 aliphatic carbocycles. The van der Waals surface area contributed by atoms with Gasteiger partial charge in [0.05, 0.1) is 11.0 Å². The van der Waals surface area contributed by atoms with Gasteiger partial charge in [-0.25, -0.2) is 0 Å². The van der Waals surface area contributed by atoms with Gasteiger partial charge in [-0.1, -0.05) is 146 Å². The standard InChI is InChI=1S/C44H30N2O/c1-4-13-31(14-5-1)33-23-27-36(28-24-33)45(37-29-25-34(26-30-37)32-15-6-2-7-16-32)42-39-19-10-11-21-40(39)46-41-22-12-20-38(43(41)47-44(42)46)35-17-8-3-9-18-35/h1-30H. The molecule has 0 saturated heterocycles. The summed E-state index contributed by atoms with van der Waals surface area (Å²) in [5, 5.41) is 1.12. The Kier molecular flexibility index (Phi) is 6.46. The van der Waals surface area contributed by atoms with Crippen LogP contribution in [0.3, 0.4) is 0 Å². The maximum atomic E-state index is 6.99. The van der Waals surface area contributed by atoms with Gasteiger partial charge in [0.15, 0.2) is 5.58 Å². The summed E-state index contributed by atoms with van der Waals surface area (Å²) >= 11 is 0. The number of oxazole rings is 1. The van der Waals surface area contributed by atoms with Gasteiger partial charge in [0.25, 0.3) is 0 Å². The lowest BCUT2D eigenvalue weighted by atomic mass is 10.0. The summed E-state index contributed by atoms with van der Waals surface area (Å²) in [5.41, 5.74) is 13.9. The van der Waals surface area contributed by atoms with Gasteiger partial charge in [-0.15, -0.1) is 0 Å². The number of benzene rings is 7. The molecule has 2 heterocycles. The zero-order valence-electron chi connectivity index (χ0n) is 25.6. The number of hydrogen-bond acceptors (Lipinski definition) is 2. The van der Waals surface area contributed by atoms with Crippen molar-refractivity contribution >= 4 is 44.8 Å². The van der Waals surface area contributed by atoms with Crippen LogP contribution < -0.4 is 4.90 Å². The first-order valence-corrected chi connectivity index (χ1v) is 15.9. The summed E-state index contributed by atoms with van der Waals surface area (Å²) < 4.78 is 9.26. The van der Waals surface area contributed by atoms with E-state index in [4.69, 9.17) is 4.42 Å². The third kappa shape index (κ3) is 4.60. The van der Waals surface area contributed by atoms with Crippen molar-refractivity contribution in [1.29, 1.82) is 0 Å². The van der Waals surface area contributed by atoms with Gasteiger partial charge in [0.2, 0.25) is 5.71 Å². The molecule has 0 unspecified atom stereocenters. The highest BCUT2D eigenvalue weighted by Gasteiger charge is 2.26. The topological polar surface area (TPSA) is 20.8 Å². The minimum absolute atomic E-state index is 0.809. The second-order valence-corrected chi connectivity index (χ2v) is 11.8. The third-order valence-corrected chi connectivity index (χ3v) is 9.01. The highest BCUT2D eigenvalue weighted by atomic mass is 16.3. The first-order valence-electron chi connectivity index (χ1n) is 15.9. The van der Waals surface area contributed by atoms with E-state index < -0.39 is 0 Å². The monoisotopic (exact) mass is 602 g/mol. The minimum Gasteiger partial charge on any atom is -0.435 e. The number of nitrogens with zero attached hydrogens (tertiary/aromatic N) is 2. The molecule has 0 radical (unpaired) electrons. The Hall–Kier alpha value is -6.32. The SMILES string of the molecule is c1ccc(-c2ccc(N(c3ccc(-c4ccccc4)cc3)c3c4ccccc4n4c3oc3c(-c5ccccc5)cccc34)cc2)cc1. The normalized spacial score (nSPS) is 11.4. The summed E-state index contributed by atoms with van der Waals surface area (Å²) in [6, 6.07) is 64.2. The van der Waals surface area contributed by atoms with E-state index in [2.05, 4.69) is 185 Å². The Morgan fingerprint density at radius 2 is 0.851 bits per heavy atom. The molecule has 47 heavy (non-hydrogen) atoms. The molecule has 0 aliphatic heterocycles. The average Bonchev–Trinajstić information content (AvgIpc) is 3.69. The van der Waals surface area contributed by atoms with Crippen molar-refractivity contribution in [2.75, 3.05) is 4.90 Å². The fourth-order valence-electron chi connectivity index (χ4n) is 6.77. The number of aromatic nitrogens is 1. The first kappa shape index (κ1) is 27.0. The number of anilines is 3. The zero-order valence-corrected chi connectivity index (χ0v) is 25.6. The van der Waals surface area contributed by atoms with E-state index in [1.165, 1.54) is 22.3 Å². The molecular formula is C44H30N2O. The molecule has 0 saturated carbocycles. The summed E-state index contributed by atoms with van der Waals surface area (Å²) in [6.45, 7) is 0.